The summed E-state index contributed by atoms with van der Waals surface area (Å²) in [5.41, 5.74) is 0. The van der Waals surface area contributed by atoms with E-state index in [-0.39, 0.29) is 6.04 Å². The van der Waals surface area contributed by atoms with Gasteiger partial charge in [0.05, 0.1) is 0 Å². The predicted molar refractivity (Wildman–Crippen MR) is 60.4 cm³/mol. The van der Waals surface area contributed by atoms with Crippen molar-refractivity contribution in [1.29, 1.82) is 0 Å². The van der Waals surface area contributed by atoms with Crippen molar-refractivity contribution in [3.05, 3.63) is 10.6 Å². The molecule has 0 saturated carbocycles. The van der Waals surface area contributed by atoms with Crippen LogP contribution in [0.25, 0.3) is 0 Å². The molecule has 0 aromatic carbocycles. The molecule has 1 heterocycles. The van der Waals surface area contributed by atoms with E-state index in [2.05, 4.69) is 17.1 Å². The average molecular weight is 233 g/mol. The number of aromatic nitrogens is 3. The van der Waals surface area contributed by atoms with Gasteiger partial charge in [0, 0.05) is 28.9 Å². The second-order valence-corrected chi connectivity index (χ2v) is 5.30. The largest absolute Gasteiger partial charge is 0.302 e. The molecule has 4 nitrogen and oxygen atoms in total. The third-order valence-electron chi connectivity index (χ3n) is 2.14. The van der Waals surface area contributed by atoms with Crippen molar-refractivity contribution < 1.29 is 4.21 Å². The summed E-state index contributed by atoms with van der Waals surface area (Å²) in [4.78, 5) is 0. The maximum Gasteiger partial charge on any atom is 0.195 e. The first-order valence-corrected chi connectivity index (χ1v) is 6.59. The minimum absolute atomic E-state index is 0.255. The topological polar surface area (TPSA) is 50.7 Å². The monoisotopic (exact) mass is 233 g/mol. The van der Waals surface area contributed by atoms with Crippen LogP contribution in [0.2, 0.25) is 0 Å². The van der Waals surface area contributed by atoms with Gasteiger partial charge in [-0.25, -0.2) is 0 Å². The predicted octanol–water partition coefficient (Wildman–Crippen LogP) is 1.58. The van der Waals surface area contributed by atoms with E-state index in [0.717, 1.165) is 12.2 Å². The molecule has 2 unspecified atom stereocenters. The van der Waals surface area contributed by atoms with Gasteiger partial charge in [0.1, 0.15) is 5.82 Å². The molecule has 0 aliphatic heterocycles. The molecule has 0 bridgehead atoms. The summed E-state index contributed by atoms with van der Waals surface area (Å²) in [7, 11) is -0.739. The molecule has 1 aromatic rings. The van der Waals surface area contributed by atoms with Crippen LogP contribution in [-0.2, 0) is 10.8 Å². The van der Waals surface area contributed by atoms with Crippen molar-refractivity contribution in [3.63, 3.8) is 0 Å². The molecule has 2 atom stereocenters. The zero-order chi connectivity index (χ0) is 10.7. The smallest absolute Gasteiger partial charge is 0.195 e. The van der Waals surface area contributed by atoms with Crippen molar-refractivity contribution in [2.45, 2.75) is 26.3 Å². The number of H-pyrrole nitrogens is 1. The van der Waals surface area contributed by atoms with Gasteiger partial charge in [0.15, 0.2) is 4.77 Å². The van der Waals surface area contributed by atoms with Gasteiger partial charge >= 0.3 is 0 Å². The highest BCUT2D eigenvalue weighted by Gasteiger charge is 2.09. The van der Waals surface area contributed by atoms with Crippen molar-refractivity contribution in [2.75, 3.05) is 12.0 Å². The first kappa shape index (κ1) is 11.6. The first-order chi connectivity index (χ1) is 6.52. The normalized spacial score (nSPS) is 15.4. The molecule has 1 rings (SSSR count). The molecule has 1 aromatic heterocycles. The lowest BCUT2D eigenvalue weighted by Crippen LogP contribution is -2.10. The van der Waals surface area contributed by atoms with E-state index in [9.17, 15) is 4.21 Å². The fourth-order valence-corrected chi connectivity index (χ4v) is 2.40. The Morgan fingerprint density at radius 2 is 2.36 bits per heavy atom. The summed E-state index contributed by atoms with van der Waals surface area (Å²) in [6.45, 7) is 3.97. The molecule has 1 N–H and O–H groups in total. The lowest BCUT2D eigenvalue weighted by atomic mass is 10.2. The van der Waals surface area contributed by atoms with Crippen LogP contribution in [0.1, 0.15) is 25.2 Å². The van der Waals surface area contributed by atoms with Crippen molar-refractivity contribution in [1.82, 2.24) is 14.8 Å². The Balaban J connectivity index is 2.74. The highest BCUT2D eigenvalue weighted by atomic mass is 32.2. The Labute approximate surface area is 91.2 Å². The van der Waals surface area contributed by atoms with Crippen LogP contribution in [0.3, 0.4) is 0 Å². The number of nitrogens with zero attached hydrogens (tertiary/aromatic N) is 2. The number of hydrogen-bond acceptors (Lipinski definition) is 3. The van der Waals surface area contributed by atoms with E-state index in [1.165, 1.54) is 0 Å². The lowest BCUT2D eigenvalue weighted by Gasteiger charge is -2.12. The number of nitrogens with one attached hydrogen (secondary N) is 1. The summed E-state index contributed by atoms with van der Waals surface area (Å²) in [5.74, 6) is 1.58. The Morgan fingerprint density at radius 3 is 2.79 bits per heavy atom. The van der Waals surface area contributed by atoms with Gasteiger partial charge in [-0.1, -0.05) is 0 Å². The molecular weight excluding hydrogens is 218 g/mol. The quantitative estimate of drug-likeness (QED) is 0.803. The molecule has 14 heavy (non-hydrogen) atoms. The van der Waals surface area contributed by atoms with Gasteiger partial charge < -0.3 is 4.57 Å². The average Bonchev–Trinajstić information content (AvgIpc) is 2.42. The van der Waals surface area contributed by atoms with Gasteiger partial charge in [-0.15, -0.1) is 0 Å². The number of aryl methyl sites for hydroxylation is 1. The number of aromatic amines is 1. The van der Waals surface area contributed by atoms with Gasteiger partial charge in [0.25, 0.3) is 0 Å². The summed E-state index contributed by atoms with van der Waals surface area (Å²) >= 11 is 5.10. The van der Waals surface area contributed by atoms with Gasteiger partial charge in [0.2, 0.25) is 0 Å². The van der Waals surface area contributed by atoms with Crippen LogP contribution in [0, 0.1) is 11.7 Å². The first-order valence-electron chi connectivity index (χ1n) is 4.46. The van der Waals surface area contributed by atoms with E-state index in [1.54, 1.807) is 6.26 Å². The summed E-state index contributed by atoms with van der Waals surface area (Å²) < 4.78 is 13.5. The van der Waals surface area contributed by atoms with Crippen LogP contribution >= 0.6 is 12.2 Å². The fraction of sp³-hybridized carbons (Fsp3) is 0.750. The van der Waals surface area contributed by atoms with E-state index >= 15 is 0 Å². The van der Waals surface area contributed by atoms with Crippen molar-refractivity contribution in [3.8, 4) is 0 Å². The Morgan fingerprint density at radius 1 is 1.71 bits per heavy atom. The zero-order valence-electron chi connectivity index (χ0n) is 8.61. The van der Waals surface area contributed by atoms with E-state index in [1.807, 2.05) is 11.5 Å². The molecule has 0 fully saturated rings. The molecule has 0 radical (unpaired) electrons. The van der Waals surface area contributed by atoms with Crippen LogP contribution in [0.15, 0.2) is 0 Å². The molecule has 0 amide bonds. The van der Waals surface area contributed by atoms with Crippen LogP contribution < -0.4 is 0 Å². The summed E-state index contributed by atoms with van der Waals surface area (Å²) in [6, 6.07) is 0.255. The summed E-state index contributed by atoms with van der Waals surface area (Å²) in [5, 5.41) is 6.78. The number of hydrogen-bond donors (Lipinski definition) is 1. The minimum Gasteiger partial charge on any atom is -0.302 e. The highest BCUT2D eigenvalue weighted by Crippen LogP contribution is 2.13. The molecule has 0 saturated heterocycles. The third-order valence-corrected chi connectivity index (χ3v) is 3.24. The second kappa shape index (κ2) is 4.84. The molecule has 0 aliphatic rings. The van der Waals surface area contributed by atoms with E-state index in [0.29, 0.717) is 10.5 Å². The standard InChI is InChI=1S/C8H15N3OS2/c1-6(4-5-14(3)12)11-7(2)9-10-8(11)13/h6H,4-5H2,1-3H3,(H,10,13). The van der Waals surface area contributed by atoms with Gasteiger partial charge in [-0.3, -0.25) is 9.31 Å². The molecule has 0 aliphatic carbocycles. The van der Waals surface area contributed by atoms with Crippen molar-refractivity contribution in [2.24, 2.45) is 0 Å². The SMILES string of the molecule is Cc1n[nH]c(=S)n1C(C)CCS(C)=O. The zero-order valence-corrected chi connectivity index (χ0v) is 10.2. The summed E-state index contributed by atoms with van der Waals surface area (Å²) in [6.07, 6.45) is 2.58. The molecular formula is C8H15N3OS2. The Hall–Kier alpha value is -0.490. The second-order valence-electron chi connectivity index (χ2n) is 3.36. The van der Waals surface area contributed by atoms with Crippen molar-refractivity contribution >= 4 is 23.0 Å². The highest BCUT2D eigenvalue weighted by molar-refractivity contribution is 7.84. The molecule has 6 heteroatoms. The Bertz CT molecular complexity index is 382. The van der Waals surface area contributed by atoms with Gasteiger partial charge in [-0.05, 0) is 32.5 Å². The molecule has 0 spiro atoms. The lowest BCUT2D eigenvalue weighted by molar-refractivity contribution is 0.513. The van der Waals surface area contributed by atoms with E-state index < -0.39 is 10.8 Å². The van der Waals surface area contributed by atoms with Gasteiger partial charge in [-0.2, -0.15) is 5.10 Å². The van der Waals surface area contributed by atoms with Crippen LogP contribution in [-0.4, -0.2) is 31.0 Å². The maximum absolute atomic E-state index is 10.9. The van der Waals surface area contributed by atoms with Crippen LogP contribution in [0.4, 0.5) is 0 Å². The Kier molecular flexibility index (Phi) is 4.00. The van der Waals surface area contributed by atoms with Crippen LogP contribution in [0.5, 0.6) is 0 Å². The fourth-order valence-electron chi connectivity index (χ4n) is 1.37. The third kappa shape index (κ3) is 2.75. The molecule has 80 valence electrons. The number of rotatable bonds is 4. The maximum atomic E-state index is 10.9. The minimum atomic E-state index is -0.739. The van der Waals surface area contributed by atoms with E-state index in [4.69, 9.17) is 12.2 Å².